The van der Waals surface area contributed by atoms with E-state index >= 15 is 0 Å². The van der Waals surface area contributed by atoms with Crippen molar-refractivity contribution in [1.82, 2.24) is 9.97 Å². The molecule has 2 aromatic carbocycles. The van der Waals surface area contributed by atoms with Crippen LogP contribution in [-0.4, -0.2) is 36.3 Å². The number of hydrogen-bond acceptors (Lipinski definition) is 5. The monoisotopic (exact) mass is 361 g/mol. The van der Waals surface area contributed by atoms with Crippen molar-refractivity contribution < 1.29 is 9.47 Å². The fraction of sp³-hybridized carbons (Fsp3) is 0.273. The van der Waals surface area contributed by atoms with Crippen LogP contribution in [0.5, 0.6) is 0 Å². The molecule has 0 N–H and O–H groups in total. The summed E-state index contributed by atoms with van der Waals surface area (Å²) < 4.78 is 11.4. The number of nitrogens with zero attached hydrogens (tertiary/aromatic N) is 3. The van der Waals surface area contributed by atoms with Gasteiger partial charge >= 0.3 is 0 Å². The van der Waals surface area contributed by atoms with Crippen molar-refractivity contribution in [3.05, 3.63) is 78.0 Å². The molecule has 5 nitrogen and oxygen atoms in total. The van der Waals surface area contributed by atoms with Crippen molar-refractivity contribution in [2.24, 2.45) is 0 Å². The van der Waals surface area contributed by atoms with Gasteiger partial charge in [0.25, 0.3) is 0 Å². The summed E-state index contributed by atoms with van der Waals surface area (Å²) in [7, 11) is 0. The van der Waals surface area contributed by atoms with E-state index in [1.54, 1.807) is 0 Å². The Morgan fingerprint density at radius 1 is 0.852 bits per heavy atom. The first-order valence-corrected chi connectivity index (χ1v) is 9.26. The highest BCUT2D eigenvalue weighted by molar-refractivity contribution is 5.58. The number of ether oxygens (including phenoxy) is 2. The van der Waals surface area contributed by atoms with E-state index in [4.69, 9.17) is 19.4 Å². The second kappa shape index (κ2) is 8.75. The molecule has 3 aromatic rings. The molecule has 0 aliphatic carbocycles. The lowest BCUT2D eigenvalue weighted by Crippen LogP contribution is -2.37. The molecule has 27 heavy (non-hydrogen) atoms. The van der Waals surface area contributed by atoms with Crippen LogP contribution in [0, 0.1) is 0 Å². The molecule has 0 atom stereocenters. The molecule has 0 bridgehead atoms. The zero-order chi connectivity index (χ0) is 18.3. The fourth-order valence-electron chi connectivity index (χ4n) is 3.08. The third-order valence-electron chi connectivity index (χ3n) is 4.49. The highest BCUT2D eigenvalue weighted by Crippen LogP contribution is 2.21. The minimum Gasteiger partial charge on any atom is -0.378 e. The Hall–Kier alpha value is -2.76. The zero-order valence-corrected chi connectivity index (χ0v) is 15.3. The van der Waals surface area contributed by atoms with E-state index in [0.717, 1.165) is 54.8 Å². The smallest absolute Gasteiger partial charge is 0.161 e. The normalized spacial score (nSPS) is 14.3. The summed E-state index contributed by atoms with van der Waals surface area (Å²) >= 11 is 0. The maximum atomic E-state index is 5.91. The molecular weight excluding hydrogens is 338 g/mol. The quantitative estimate of drug-likeness (QED) is 0.670. The van der Waals surface area contributed by atoms with Crippen molar-refractivity contribution >= 4 is 5.82 Å². The number of morpholine rings is 1. The van der Waals surface area contributed by atoms with Gasteiger partial charge in [0.2, 0.25) is 0 Å². The number of rotatable bonds is 6. The summed E-state index contributed by atoms with van der Waals surface area (Å²) in [4.78, 5) is 11.8. The van der Waals surface area contributed by atoms with Gasteiger partial charge in [-0.05, 0) is 5.56 Å². The Kier molecular flexibility index (Phi) is 5.72. The van der Waals surface area contributed by atoms with Crippen LogP contribution in [0.25, 0.3) is 11.4 Å². The number of hydrogen-bond donors (Lipinski definition) is 0. The predicted octanol–water partition coefficient (Wildman–Crippen LogP) is 3.70. The molecule has 0 amide bonds. The molecule has 1 aliphatic rings. The second-order valence-electron chi connectivity index (χ2n) is 6.48. The minimum absolute atomic E-state index is 0.453. The SMILES string of the molecule is c1ccc(COCc2cc(N3CCOCC3)nc(-c3ccccc3)n2)cc1. The van der Waals surface area contributed by atoms with Crippen molar-refractivity contribution in [1.29, 1.82) is 0 Å². The van der Waals surface area contributed by atoms with E-state index in [0.29, 0.717) is 13.2 Å². The Bertz CT molecular complexity index is 850. The summed E-state index contributed by atoms with van der Waals surface area (Å²) in [6.45, 7) is 4.16. The first-order chi connectivity index (χ1) is 13.4. The van der Waals surface area contributed by atoms with Crippen LogP contribution in [-0.2, 0) is 22.7 Å². The van der Waals surface area contributed by atoms with Gasteiger partial charge in [-0.25, -0.2) is 9.97 Å². The van der Waals surface area contributed by atoms with E-state index in [2.05, 4.69) is 17.0 Å². The maximum absolute atomic E-state index is 5.91. The lowest BCUT2D eigenvalue weighted by Gasteiger charge is -2.28. The van der Waals surface area contributed by atoms with E-state index in [1.807, 2.05) is 54.6 Å². The maximum Gasteiger partial charge on any atom is 0.161 e. The first-order valence-electron chi connectivity index (χ1n) is 9.26. The number of aromatic nitrogens is 2. The summed E-state index contributed by atoms with van der Waals surface area (Å²) in [6.07, 6.45) is 0. The molecule has 138 valence electrons. The molecule has 0 saturated carbocycles. The molecule has 0 unspecified atom stereocenters. The fourth-order valence-corrected chi connectivity index (χ4v) is 3.08. The van der Waals surface area contributed by atoms with Crippen LogP contribution in [0.15, 0.2) is 66.7 Å². The zero-order valence-electron chi connectivity index (χ0n) is 15.3. The summed E-state index contributed by atoms with van der Waals surface area (Å²) in [5.41, 5.74) is 3.06. The average molecular weight is 361 g/mol. The van der Waals surface area contributed by atoms with Gasteiger partial charge in [-0.1, -0.05) is 60.7 Å². The Morgan fingerprint density at radius 2 is 1.56 bits per heavy atom. The largest absolute Gasteiger partial charge is 0.378 e. The van der Waals surface area contributed by atoms with Crippen LogP contribution in [0.2, 0.25) is 0 Å². The van der Waals surface area contributed by atoms with Crippen LogP contribution in [0.1, 0.15) is 11.3 Å². The van der Waals surface area contributed by atoms with Gasteiger partial charge in [0.15, 0.2) is 5.82 Å². The van der Waals surface area contributed by atoms with Crippen molar-refractivity contribution in [2.45, 2.75) is 13.2 Å². The molecular formula is C22H23N3O2. The van der Waals surface area contributed by atoms with Crippen LogP contribution in [0.4, 0.5) is 5.82 Å². The van der Waals surface area contributed by atoms with Crippen molar-refractivity contribution in [3.8, 4) is 11.4 Å². The third kappa shape index (κ3) is 4.70. The summed E-state index contributed by atoms with van der Waals surface area (Å²) in [5, 5.41) is 0. The highest BCUT2D eigenvalue weighted by atomic mass is 16.5. The van der Waals surface area contributed by atoms with E-state index in [9.17, 15) is 0 Å². The molecule has 1 aromatic heterocycles. The lowest BCUT2D eigenvalue weighted by molar-refractivity contribution is 0.104. The standard InChI is InChI=1S/C22H23N3O2/c1-3-7-18(8-4-1)16-27-17-20-15-21(25-11-13-26-14-12-25)24-22(23-20)19-9-5-2-6-10-19/h1-10,15H,11-14,16-17H2. The molecule has 5 heteroatoms. The van der Waals surface area contributed by atoms with Gasteiger partial charge in [-0.3, -0.25) is 0 Å². The lowest BCUT2D eigenvalue weighted by atomic mass is 10.2. The Morgan fingerprint density at radius 3 is 2.30 bits per heavy atom. The second-order valence-corrected chi connectivity index (χ2v) is 6.48. The topological polar surface area (TPSA) is 47.5 Å². The van der Waals surface area contributed by atoms with E-state index < -0.39 is 0 Å². The third-order valence-corrected chi connectivity index (χ3v) is 4.49. The van der Waals surface area contributed by atoms with E-state index in [-0.39, 0.29) is 0 Å². The molecule has 0 radical (unpaired) electrons. The van der Waals surface area contributed by atoms with E-state index in [1.165, 1.54) is 0 Å². The van der Waals surface area contributed by atoms with Gasteiger partial charge in [0.1, 0.15) is 5.82 Å². The molecule has 1 saturated heterocycles. The molecule has 0 spiro atoms. The first kappa shape index (κ1) is 17.6. The number of anilines is 1. The van der Waals surface area contributed by atoms with Crippen LogP contribution < -0.4 is 4.90 Å². The summed E-state index contributed by atoms with van der Waals surface area (Å²) in [6, 6.07) is 22.3. The Labute approximate surface area is 159 Å². The van der Waals surface area contributed by atoms with Crippen molar-refractivity contribution in [2.75, 3.05) is 31.2 Å². The van der Waals surface area contributed by atoms with Gasteiger partial charge in [-0.15, -0.1) is 0 Å². The van der Waals surface area contributed by atoms with Gasteiger partial charge in [0.05, 0.1) is 32.1 Å². The molecule has 1 aliphatic heterocycles. The minimum atomic E-state index is 0.453. The number of benzene rings is 2. The van der Waals surface area contributed by atoms with Gasteiger partial charge < -0.3 is 14.4 Å². The Balaban J connectivity index is 1.55. The van der Waals surface area contributed by atoms with Gasteiger partial charge in [-0.2, -0.15) is 0 Å². The summed E-state index contributed by atoms with van der Waals surface area (Å²) in [5.74, 6) is 1.67. The highest BCUT2D eigenvalue weighted by Gasteiger charge is 2.15. The van der Waals surface area contributed by atoms with Crippen LogP contribution >= 0.6 is 0 Å². The predicted molar refractivity (Wildman–Crippen MR) is 105 cm³/mol. The van der Waals surface area contributed by atoms with Gasteiger partial charge in [0, 0.05) is 24.7 Å². The van der Waals surface area contributed by atoms with Crippen molar-refractivity contribution in [3.63, 3.8) is 0 Å². The molecule has 4 rings (SSSR count). The van der Waals surface area contributed by atoms with Crippen LogP contribution in [0.3, 0.4) is 0 Å². The molecule has 1 fully saturated rings. The molecule has 2 heterocycles. The average Bonchev–Trinajstić information content (AvgIpc) is 2.76.